The molecule has 118 valence electrons. The van der Waals surface area contributed by atoms with Crippen LogP contribution in [0.2, 0.25) is 10.0 Å². The van der Waals surface area contributed by atoms with Gasteiger partial charge in [-0.3, -0.25) is 10.1 Å². The molecule has 0 radical (unpaired) electrons. The maximum absolute atomic E-state index is 13.1. The molecule has 8 heteroatoms. The number of ether oxygens (including phenoxy) is 1. The van der Waals surface area contributed by atoms with E-state index in [9.17, 15) is 9.18 Å². The third kappa shape index (κ3) is 3.90. The van der Waals surface area contributed by atoms with Crippen LogP contribution in [0.15, 0.2) is 36.4 Å². The van der Waals surface area contributed by atoms with Crippen molar-refractivity contribution in [2.75, 3.05) is 11.9 Å². The van der Waals surface area contributed by atoms with Crippen LogP contribution in [0.3, 0.4) is 0 Å². The molecular formula is C15H9Cl2FN2O2S. The van der Waals surface area contributed by atoms with Gasteiger partial charge in [0.25, 0.3) is 5.91 Å². The Morgan fingerprint density at radius 2 is 2.09 bits per heavy atom. The lowest BCUT2D eigenvalue weighted by Gasteiger charge is -2.07. The Labute approximate surface area is 144 Å². The first-order valence-electron chi connectivity index (χ1n) is 6.45. The number of halogens is 3. The third-order valence-electron chi connectivity index (χ3n) is 2.85. The molecule has 0 unspecified atom stereocenters. The summed E-state index contributed by atoms with van der Waals surface area (Å²) >= 11 is 13.0. The summed E-state index contributed by atoms with van der Waals surface area (Å²) in [7, 11) is 0. The van der Waals surface area contributed by atoms with E-state index in [4.69, 9.17) is 27.9 Å². The van der Waals surface area contributed by atoms with Crippen LogP contribution in [0.1, 0.15) is 0 Å². The number of fused-ring (bicyclic) bond motifs is 1. The fraction of sp³-hybridized carbons (Fsp3) is 0.0667. The number of hydrogen-bond acceptors (Lipinski definition) is 4. The monoisotopic (exact) mass is 370 g/mol. The minimum Gasteiger partial charge on any atom is -0.482 e. The molecule has 1 N–H and O–H groups in total. The molecule has 1 aromatic heterocycles. The lowest BCUT2D eigenvalue weighted by molar-refractivity contribution is -0.118. The molecule has 1 heterocycles. The third-order valence-corrected chi connectivity index (χ3v) is 4.33. The number of carbonyl (C=O) groups is 1. The van der Waals surface area contributed by atoms with Crippen molar-refractivity contribution in [2.45, 2.75) is 0 Å². The number of aromatic nitrogens is 1. The standard InChI is InChI=1S/C15H9Cl2FN2O2S/c16-8-1-3-10(17)12(5-8)22-7-14(21)20-15-19-11-4-2-9(18)6-13(11)23-15/h1-6H,7H2,(H,19,20,21). The molecule has 0 aliphatic rings. The van der Waals surface area contributed by atoms with E-state index in [0.29, 0.717) is 31.1 Å². The molecule has 0 saturated carbocycles. The number of anilines is 1. The molecule has 0 bridgehead atoms. The molecule has 0 atom stereocenters. The van der Waals surface area contributed by atoms with Crippen molar-refractivity contribution >= 4 is 55.8 Å². The van der Waals surface area contributed by atoms with Crippen molar-refractivity contribution in [3.05, 3.63) is 52.3 Å². The number of thiazole rings is 1. The summed E-state index contributed by atoms with van der Waals surface area (Å²) in [6.45, 7) is -0.246. The van der Waals surface area contributed by atoms with E-state index in [1.165, 1.54) is 29.5 Å². The van der Waals surface area contributed by atoms with Gasteiger partial charge in [-0.2, -0.15) is 0 Å². The summed E-state index contributed by atoms with van der Waals surface area (Å²) in [6.07, 6.45) is 0. The quantitative estimate of drug-likeness (QED) is 0.720. The van der Waals surface area contributed by atoms with Gasteiger partial charge in [0.05, 0.1) is 15.2 Å². The molecule has 23 heavy (non-hydrogen) atoms. The van der Waals surface area contributed by atoms with Crippen LogP contribution in [0, 0.1) is 5.82 Å². The van der Waals surface area contributed by atoms with Gasteiger partial charge in [0.1, 0.15) is 11.6 Å². The summed E-state index contributed by atoms with van der Waals surface area (Å²) in [6, 6.07) is 8.97. The topological polar surface area (TPSA) is 51.2 Å². The number of carbonyl (C=O) groups excluding carboxylic acids is 1. The molecule has 0 aliphatic carbocycles. The zero-order valence-corrected chi connectivity index (χ0v) is 13.8. The zero-order valence-electron chi connectivity index (χ0n) is 11.5. The Morgan fingerprint density at radius 3 is 2.91 bits per heavy atom. The van der Waals surface area contributed by atoms with Crippen molar-refractivity contribution in [2.24, 2.45) is 0 Å². The van der Waals surface area contributed by atoms with E-state index in [2.05, 4.69) is 10.3 Å². The minimum atomic E-state index is -0.402. The van der Waals surface area contributed by atoms with Gasteiger partial charge < -0.3 is 4.74 Å². The van der Waals surface area contributed by atoms with E-state index in [0.717, 1.165) is 0 Å². The molecule has 3 rings (SSSR count). The van der Waals surface area contributed by atoms with E-state index in [1.54, 1.807) is 18.2 Å². The maximum Gasteiger partial charge on any atom is 0.264 e. The highest BCUT2D eigenvalue weighted by Crippen LogP contribution is 2.28. The number of amides is 1. The van der Waals surface area contributed by atoms with Crippen LogP contribution in [0.25, 0.3) is 10.2 Å². The highest BCUT2D eigenvalue weighted by Gasteiger charge is 2.10. The van der Waals surface area contributed by atoms with Crippen molar-refractivity contribution in [3.63, 3.8) is 0 Å². The first-order chi connectivity index (χ1) is 11.0. The smallest absolute Gasteiger partial charge is 0.264 e. The lowest BCUT2D eigenvalue weighted by Crippen LogP contribution is -2.20. The molecule has 3 aromatic rings. The molecule has 4 nitrogen and oxygen atoms in total. The second-order valence-corrected chi connectivity index (χ2v) is 6.42. The number of nitrogens with one attached hydrogen (secondary N) is 1. The maximum atomic E-state index is 13.1. The van der Waals surface area contributed by atoms with Crippen LogP contribution in [0.4, 0.5) is 9.52 Å². The van der Waals surface area contributed by atoms with E-state index in [1.807, 2.05) is 0 Å². The largest absolute Gasteiger partial charge is 0.482 e. The van der Waals surface area contributed by atoms with Crippen LogP contribution in [0.5, 0.6) is 5.75 Å². The summed E-state index contributed by atoms with van der Waals surface area (Å²) in [5, 5.41) is 3.79. The van der Waals surface area contributed by atoms with Gasteiger partial charge in [0, 0.05) is 11.1 Å². The summed E-state index contributed by atoms with van der Waals surface area (Å²) in [5.41, 5.74) is 0.616. The highest BCUT2D eigenvalue weighted by molar-refractivity contribution is 7.22. The predicted octanol–water partition coefficient (Wildman–Crippen LogP) is 4.76. The van der Waals surface area contributed by atoms with E-state index >= 15 is 0 Å². The molecule has 1 amide bonds. The predicted molar refractivity (Wildman–Crippen MR) is 90.2 cm³/mol. The molecule has 0 aliphatic heterocycles. The van der Waals surface area contributed by atoms with Crippen molar-refractivity contribution in [1.29, 1.82) is 0 Å². The second-order valence-electron chi connectivity index (χ2n) is 4.54. The van der Waals surface area contributed by atoms with E-state index in [-0.39, 0.29) is 12.4 Å². The number of nitrogens with zero attached hydrogens (tertiary/aromatic N) is 1. The second kappa shape index (κ2) is 6.70. The molecule has 0 fully saturated rings. The number of rotatable bonds is 4. The van der Waals surface area contributed by atoms with Crippen molar-refractivity contribution in [3.8, 4) is 5.75 Å². The van der Waals surface area contributed by atoms with Gasteiger partial charge in [-0.25, -0.2) is 9.37 Å². The fourth-order valence-corrected chi connectivity index (χ4v) is 3.08. The molecule has 0 saturated heterocycles. The lowest BCUT2D eigenvalue weighted by atomic mass is 10.3. The van der Waals surface area contributed by atoms with Crippen molar-refractivity contribution in [1.82, 2.24) is 4.98 Å². The average molecular weight is 371 g/mol. The number of hydrogen-bond donors (Lipinski definition) is 1. The Bertz CT molecular complexity index is 885. The van der Waals surface area contributed by atoms with Crippen LogP contribution in [-0.2, 0) is 4.79 Å². The Kier molecular flexibility index (Phi) is 4.66. The van der Waals surface area contributed by atoms with Gasteiger partial charge in [0.15, 0.2) is 11.7 Å². The molecule has 0 spiro atoms. The Hall–Kier alpha value is -1.89. The molecule has 2 aromatic carbocycles. The first-order valence-corrected chi connectivity index (χ1v) is 8.02. The summed E-state index contributed by atoms with van der Waals surface area (Å²) in [4.78, 5) is 16.1. The van der Waals surface area contributed by atoms with Crippen molar-refractivity contribution < 1.29 is 13.9 Å². The first kappa shape index (κ1) is 16.0. The normalized spacial score (nSPS) is 10.7. The van der Waals surface area contributed by atoms with Gasteiger partial charge in [-0.15, -0.1) is 0 Å². The van der Waals surface area contributed by atoms with Gasteiger partial charge in [0.2, 0.25) is 0 Å². The van der Waals surface area contributed by atoms with Crippen LogP contribution < -0.4 is 10.1 Å². The molecular weight excluding hydrogens is 362 g/mol. The average Bonchev–Trinajstić information content (AvgIpc) is 2.89. The zero-order chi connectivity index (χ0) is 16.4. The number of benzene rings is 2. The Morgan fingerprint density at radius 1 is 1.26 bits per heavy atom. The summed E-state index contributed by atoms with van der Waals surface area (Å²) in [5.74, 6) is -0.431. The van der Waals surface area contributed by atoms with Crippen LogP contribution in [-0.4, -0.2) is 17.5 Å². The minimum absolute atomic E-state index is 0.246. The van der Waals surface area contributed by atoms with Gasteiger partial charge >= 0.3 is 0 Å². The SMILES string of the molecule is O=C(COc1cc(Cl)ccc1Cl)Nc1nc2ccc(F)cc2s1. The van der Waals surface area contributed by atoms with Crippen LogP contribution >= 0.6 is 34.5 Å². The summed E-state index contributed by atoms with van der Waals surface area (Å²) < 4.78 is 19.1. The van der Waals surface area contributed by atoms with Gasteiger partial charge in [-0.05, 0) is 30.3 Å². The Balaban J connectivity index is 1.65. The fourth-order valence-electron chi connectivity index (χ4n) is 1.84. The highest BCUT2D eigenvalue weighted by atomic mass is 35.5. The van der Waals surface area contributed by atoms with Gasteiger partial charge in [-0.1, -0.05) is 34.5 Å². The van der Waals surface area contributed by atoms with E-state index < -0.39 is 5.91 Å².